The highest BCUT2D eigenvalue weighted by Gasteiger charge is 2.40. The summed E-state index contributed by atoms with van der Waals surface area (Å²) in [5.74, 6) is 0.691. The van der Waals surface area contributed by atoms with Crippen LogP contribution in [0.4, 0.5) is 0 Å². The van der Waals surface area contributed by atoms with Crippen LogP contribution in [0.3, 0.4) is 0 Å². The predicted octanol–water partition coefficient (Wildman–Crippen LogP) is 2.72. The van der Waals surface area contributed by atoms with Crippen molar-refractivity contribution in [2.45, 2.75) is 67.9 Å². The molecule has 3 heteroatoms. The van der Waals surface area contributed by atoms with E-state index in [0.717, 1.165) is 6.42 Å². The summed E-state index contributed by atoms with van der Waals surface area (Å²) in [5, 5.41) is 4.66. The van der Waals surface area contributed by atoms with E-state index in [2.05, 4.69) is 17.1 Å². The van der Waals surface area contributed by atoms with Crippen LogP contribution in [0.25, 0.3) is 0 Å². The topological polar surface area (TPSA) is 29.1 Å². The standard InChI is InChI=1S/C13H21NOS/c15-13-9-5-1-3-7-11(9)16-12-8-4-2-6-10(12)14-13/h9-12H,1-8H2,(H,14,15). The molecule has 0 bridgehead atoms. The van der Waals surface area contributed by atoms with Crippen LogP contribution in [0.5, 0.6) is 0 Å². The molecule has 1 N–H and O–H groups in total. The molecule has 3 rings (SSSR count). The van der Waals surface area contributed by atoms with Crippen LogP contribution < -0.4 is 5.32 Å². The number of hydrogen-bond acceptors (Lipinski definition) is 2. The van der Waals surface area contributed by atoms with E-state index in [9.17, 15) is 4.79 Å². The predicted molar refractivity (Wildman–Crippen MR) is 67.5 cm³/mol. The smallest absolute Gasteiger partial charge is 0.224 e. The van der Waals surface area contributed by atoms with Gasteiger partial charge in [0.2, 0.25) is 5.91 Å². The third-order valence-electron chi connectivity index (χ3n) is 4.42. The quantitative estimate of drug-likeness (QED) is 0.704. The van der Waals surface area contributed by atoms with E-state index >= 15 is 0 Å². The second kappa shape index (κ2) is 4.59. The number of rotatable bonds is 0. The molecule has 16 heavy (non-hydrogen) atoms. The monoisotopic (exact) mass is 239 g/mol. The molecule has 1 saturated heterocycles. The molecule has 90 valence electrons. The minimum Gasteiger partial charge on any atom is -0.352 e. The van der Waals surface area contributed by atoms with Gasteiger partial charge in [0.05, 0.1) is 0 Å². The normalized spacial score (nSPS) is 43.9. The van der Waals surface area contributed by atoms with Gasteiger partial charge in [0, 0.05) is 22.5 Å². The van der Waals surface area contributed by atoms with E-state index in [1.54, 1.807) is 0 Å². The van der Waals surface area contributed by atoms with Crippen molar-refractivity contribution < 1.29 is 4.79 Å². The van der Waals surface area contributed by atoms with Gasteiger partial charge in [-0.05, 0) is 25.7 Å². The zero-order valence-electron chi connectivity index (χ0n) is 9.78. The minimum absolute atomic E-state index is 0.323. The molecular weight excluding hydrogens is 218 g/mol. The number of nitrogens with one attached hydrogen (secondary N) is 1. The first-order valence-electron chi connectivity index (χ1n) is 6.80. The Labute approximate surface area is 102 Å². The van der Waals surface area contributed by atoms with E-state index < -0.39 is 0 Å². The Balaban J connectivity index is 1.78. The molecule has 4 atom stereocenters. The Bertz CT molecular complexity index is 281. The van der Waals surface area contributed by atoms with Gasteiger partial charge in [0.1, 0.15) is 0 Å². The molecule has 0 spiro atoms. The lowest BCUT2D eigenvalue weighted by Crippen LogP contribution is -2.44. The molecule has 0 aromatic carbocycles. The highest BCUT2D eigenvalue weighted by Crippen LogP contribution is 2.42. The van der Waals surface area contributed by atoms with Gasteiger partial charge in [-0.25, -0.2) is 0 Å². The van der Waals surface area contributed by atoms with Gasteiger partial charge in [-0.1, -0.05) is 25.7 Å². The molecule has 1 aliphatic heterocycles. The molecule has 2 nitrogen and oxygen atoms in total. The summed E-state index contributed by atoms with van der Waals surface area (Å²) in [6, 6.07) is 0.483. The first kappa shape index (κ1) is 10.9. The Morgan fingerprint density at radius 2 is 1.62 bits per heavy atom. The van der Waals surface area contributed by atoms with Gasteiger partial charge in [-0.15, -0.1) is 0 Å². The van der Waals surface area contributed by atoms with Crippen molar-refractivity contribution >= 4 is 17.7 Å². The molecule has 0 aromatic heterocycles. The van der Waals surface area contributed by atoms with Crippen LogP contribution in [-0.2, 0) is 4.79 Å². The highest BCUT2D eigenvalue weighted by atomic mass is 32.2. The second-order valence-electron chi connectivity index (χ2n) is 5.50. The third kappa shape index (κ3) is 1.99. The molecular formula is C13H21NOS. The summed E-state index contributed by atoms with van der Waals surface area (Å²) >= 11 is 2.14. The molecule has 1 heterocycles. The van der Waals surface area contributed by atoms with Crippen molar-refractivity contribution in [3.8, 4) is 0 Å². The van der Waals surface area contributed by atoms with Crippen molar-refractivity contribution in [3.63, 3.8) is 0 Å². The lowest BCUT2D eigenvalue weighted by Gasteiger charge is -2.31. The van der Waals surface area contributed by atoms with Crippen molar-refractivity contribution in [2.24, 2.45) is 5.92 Å². The van der Waals surface area contributed by atoms with Crippen LogP contribution in [0.1, 0.15) is 51.4 Å². The van der Waals surface area contributed by atoms with Crippen LogP contribution in [0.15, 0.2) is 0 Å². The van der Waals surface area contributed by atoms with Gasteiger partial charge in [-0.3, -0.25) is 4.79 Å². The number of hydrogen-bond donors (Lipinski definition) is 1. The maximum absolute atomic E-state index is 12.2. The van der Waals surface area contributed by atoms with Crippen molar-refractivity contribution in [3.05, 3.63) is 0 Å². The van der Waals surface area contributed by atoms with Gasteiger partial charge < -0.3 is 5.32 Å². The number of carbonyl (C=O) groups excluding carboxylic acids is 1. The number of carbonyl (C=O) groups is 1. The average Bonchev–Trinajstić information content (AvgIpc) is 2.45. The van der Waals surface area contributed by atoms with Crippen molar-refractivity contribution in [1.82, 2.24) is 5.32 Å². The van der Waals surface area contributed by atoms with E-state index in [4.69, 9.17) is 0 Å². The summed E-state index contributed by atoms with van der Waals surface area (Å²) in [4.78, 5) is 12.2. The zero-order chi connectivity index (χ0) is 11.0. The summed E-state index contributed by atoms with van der Waals surface area (Å²) in [6.45, 7) is 0. The first-order valence-corrected chi connectivity index (χ1v) is 7.75. The second-order valence-corrected chi connectivity index (χ2v) is 6.99. The first-order chi connectivity index (χ1) is 7.84. The highest BCUT2D eigenvalue weighted by molar-refractivity contribution is 8.00. The van der Waals surface area contributed by atoms with E-state index in [0.29, 0.717) is 28.4 Å². The fraction of sp³-hybridized carbons (Fsp3) is 0.923. The van der Waals surface area contributed by atoms with E-state index in [1.165, 1.54) is 44.9 Å². The maximum atomic E-state index is 12.2. The Morgan fingerprint density at radius 1 is 0.938 bits per heavy atom. The van der Waals surface area contributed by atoms with Gasteiger partial charge >= 0.3 is 0 Å². The zero-order valence-corrected chi connectivity index (χ0v) is 10.6. The Kier molecular flexibility index (Phi) is 3.14. The van der Waals surface area contributed by atoms with E-state index in [-0.39, 0.29) is 0 Å². The molecule has 4 unspecified atom stereocenters. The SMILES string of the molecule is O=C1NC2CCCCC2SC2CCCCC12. The fourth-order valence-electron chi connectivity index (χ4n) is 3.50. The molecule has 0 radical (unpaired) electrons. The summed E-state index contributed by atoms with van der Waals surface area (Å²) in [6.07, 6.45) is 10.2. The van der Waals surface area contributed by atoms with Crippen LogP contribution in [-0.4, -0.2) is 22.4 Å². The van der Waals surface area contributed by atoms with Crippen LogP contribution >= 0.6 is 11.8 Å². The lowest BCUT2D eigenvalue weighted by atomic mass is 9.87. The largest absolute Gasteiger partial charge is 0.352 e. The summed E-state index contributed by atoms with van der Waals surface area (Å²) in [5.41, 5.74) is 0. The number of fused-ring (bicyclic) bond motifs is 2. The van der Waals surface area contributed by atoms with Crippen LogP contribution in [0, 0.1) is 5.92 Å². The average molecular weight is 239 g/mol. The molecule has 3 aliphatic rings. The Hall–Kier alpha value is -0.180. The molecule has 2 aliphatic carbocycles. The number of thioether (sulfide) groups is 1. The molecule has 0 aromatic rings. The Morgan fingerprint density at radius 3 is 2.50 bits per heavy atom. The fourth-order valence-corrected chi connectivity index (χ4v) is 5.40. The summed E-state index contributed by atoms with van der Waals surface area (Å²) in [7, 11) is 0. The van der Waals surface area contributed by atoms with Crippen LogP contribution in [0.2, 0.25) is 0 Å². The number of amides is 1. The van der Waals surface area contributed by atoms with Crippen molar-refractivity contribution in [2.75, 3.05) is 0 Å². The molecule has 1 amide bonds. The van der Waals surface area contributed by atoms with Gasteiger partial charge in [-0.2, -0.15) is 11.8 Å². The van der Waals surface area contributed by atoms with Gasteiger partial charge in [0.15, 0.2) is 0 Å². The third-order valence-corrected chi connectivity index (χ3v) is 6.25. The lowest BCUT2D eigenvalue weighted by molar-refractivity contribution is -0.126. The molecule has 3 fully saturated rings. The molecule has 2 saturated carbocycles. The van der Waals surface area contributed by atoms with Crippen molar-refractivity contribution in [1.29, 1.82) is 0 Å². The summed E-state index contributed by atoms with van der Waals surface area (Å²) < 4.78 is 0. The van der Waals surface area contributed by atoms with Gasteiger partial charge in [0.25, 0.3) is 0 Å². The maximum Gasteiger partial charge on any atom is 0.224 e. The van der Waals surface area contributed by atoms with E-state index in [1.807, 2.05) is 0 Å². The minimum atomic E-state index is 0.323.